The zero-order valence-corrected chi connectivity index (χ0v) is 12.5. The molecule has 6 nitrogen and oxygen atoms in total. The van der Waals surface area contributed by atoms with Gasteiger partial charge in [-0.1, -0.05) is 23.7 Å². The number of nitrogens with one attached hydrogen (secondary N) is 2. The SMILES string of the molecule is O=C(Nc1ccccc1Cl)N[C@@H](CO)CN1CCOCC1. The van der Waals surface area contributed by atoms with Crippen molar-refractivity contribution in [1.29, 1.82) is 0 Å². The normalized spacial score (nSPS) is 17.2. The second-order valence-electron chi connectivity index (χ2n) is 4.87. The van der Waals surface area contributed by atoms with Gasteiger partial charge in [-0.25, -0.2) is 4.79 Å². The first-order valence-electron chi connectivity index (χ1n) is 6.92. The van der Waals surface area contributed by atoms with Gasteiger partial charge in [0.2, 0.25) is 0 Å². The van der Waals surface area contributed by atoms with Gasteiger partial charge in [0, 0.05) is 19.6 Å². The number of hydrogen-bond donors (Lipinski definition) is 3. The molecule has 1 saturated heterocycles. The molecule has 0 saturated carbocycles. The fourth-order valence-electron chi connectivity index (χ4n) is 2.15. The molecule has 1 aliphatic rings. The first-order chi connectivity index (χ1) is 10.2. The average molecular weight is 314 g/mol. The van der Waals surface area contributed by atoms with E-state index in [2.05, 4.69) is 15.5 Å². The van der Waals surface area contributed by atoms with Gasteiger partial charge in [0.25, 0.3) is 0 Å². The summed E-state index contributed by atoms with van der Waals surface area (Å²) in [6.07, 6.45) is 0. The van der Waals surface area contributed by atoms with E-state index in [-0.39, 0.29) is 18.7 Å². The molecule has 1 fully saturated rings. The lowest BCUT2D eigenvalue weighted by Crippen LogP contribution is -2.49. The number of halogens is 1. The summed E-state index contributed by atoms with van der Waals surface area (Å²) in [6.45, 7) is 3.46. The molecule has 0 aromatic heterocycles. The Bertz CT molecular complexity index is 467. The molecule has 0 unspecified atom stereocenters. The minimum atomic E-state index is -0.379. The monoisotopic (exact) mass is 313 g/mol. The fourth-order valence-corrected chi connectivity index (χ4v) is 2.33. The zero-order valence-electron chi connectivity index (χ0n) is 11.7. The van der Waals surface area contributed by atoms with Gasteiger partial charge < -0.3 is 20.5 Å². The smallest absolute Gasteiger partial charge is 0.319 e. The molecular weight excluding hydrogens is 294 g/mol. The highest BCUT2D eigenvalue weighted by molar-refractivity contribution is 6.33. The van der Waals surface area contributed by atoms with E-state index in [1.165, 1.54) is 0 Å². The van der Waals surface area contributed by atoms with Gasteiger partial charge in [0.05, 0.1) is 36.6 Å². The number of carbonyl (C=O) groups excluding carboxylic acids is 1. The van der Waals surface area contributed by atoms with Crippen LogP contribution in [0, 0.1) is 0 Å². The topological polar surface area (TPSA) is 73.8 Å². The predicted molar refractivity (Wildman–Crippen MR) is 81.7 cm³/mol. The summed E-state index contributed by atoms with van der Waals surface area (Å²) in [5.74, 6) is 0. The second kappa shape index (κ2) is 8.19. The number of para-hydroxylation sites is 1. The number of urea groups is 1. The number of amides is 2. The van der Waals surface area contributed by atoms with Crippen LogP contribution in [0.15, 0.2) is 24.3 Å². The number of aliphatic hydroxyl groups excluding tert-OH is 1. The number of aliphatic hydroxyl groups is 1. The third kappa shape index (κ3) is 5.17. The molecule has 116 valence electrons. The van der Waals surface area contributed by atoms with Gasteiger partial charge in [-0.15, -0.1) is 0 Å². The summed E-state index contributed by atoms with van der Waals surface area (Å²) in [6, 6.07) is 6.30. The van der Waals surface area contributed by atoms with Crippen molar-refractivity contribution in [3.05, 3.63) is 29.3 Å². The van der Waals surface area contributed by atoms with Crippen molar-refractivity contribution in [3.8, 4) is 0 Å². The fraction of sp³-hybridized carbons (Fsp3) is 0.500. The Labute approximate surface area is 129 Å². The molecule has 1 aliphatic heterocycles. The first kappa shape index (κ1) is 16.0. The summed E-state index contributed by atoms with van der Waals surface area (Å²) in [7, 11) is 0. The molecule has 2 rings (SSSR count). The Kier molecular flexibility index (Phi) is 6.25. The van der Waals surface area contributed by atoms with Crippen LogP contribution in [0.5, 0.6) is 0 Å². The summed E-state index contributed by atoms with van der Waals surface area (Å²) >= 11 is 5.98. The molecule has 0 aliphatic carbocycles. The molecule has 21 heavy (non-hydrogen) atoms. The lowest BCUT2D eigenvalue weighted by atomic mass is 10.2. The van der Waals surface area contributed by atoms with Crippen molar-refractivity contribution in [2.24, 2.45) is 0 Å². The van der Waals surface area contributed by atoms with Crippen LogP contribution in [0.2, 0.25) is 5.02 Å². The third-order valence-corrected chi connectivity index (χ3v) is 3.59. The van der Waals surface area contributed by atoms with Crippen molar-refractivity contribution in [2.45, 2.75) is 6.04 Å². The number of benzene rings is 1. The van der Waals surface area contributed by atoms with E-state index >= 15 is 0 Å². The average Bonchev–Trinajstić information content (AvgIpc) is 2.50. The highest BCUT2D eigenvalue weighted by Crippen LogP contribution is 2.20. The molecule has 0 spiro atoms. The van der Waals surface area contributed by atoms with Gasteiger partial charge in [0.1, 0.15) is 0 Å². The molecule has 1 aromatic rings. The number of nitrogens with zero attached hydrogens (tertiary/aromatic N) is 1. The second-order valence-corrected chi connectivity index (χ2v) is 5.28. The lowest BCUT2D eigenvalue weighted by Gasteiger charge is -2.30. The van der Waals surface area contributed by atoms with Crippen LogP contribution in [0.25, 0.3) is 0 Å². The Hall–Kier alpha value is -1.34. The molecule has 7 heteroatoms. The van der Waals surface area contributed by atoms with Gasteiger partial charge >= 0.3 is 6.03 Å². The Balaban J connectivity index is 1.83. The quantitative estimate of drug-likeness (QED) is 0.762. The summed E-state index contributed by atoms with van der Waals surface area (Å²) in [5, 5.41) is 15.3. The highest BCUT2D eigenvalue weighted by atomic mass is 35.5. The van der Waals surface area contributed by atoms with Gasteiger partial charge in [-0.2, -0.15) is 0 Å². The number of anilines is 1. The van der Waals surface area contributed by atoms with Gasteiger partial charge in [-0.05, 0) is 12.1 Å². The number of carbonyl (C=O) groups is 1. The molecule has 1 atom stereocenters. The van der Waals surface area contributed by atoms with Crippen LogP contribution in [-0.2, 0) is 4.74 Å². The van der Waals surface area contributed by atoms with Crippen LogP contribution in [0.3, 0.4) is 0 Å². The first-order valence-corrected chi connectivity index (χ1v) is 7.30. The minimum absolute atomic E-state index is 0.118. The van der Waals surface area contributed by atoms with Crippen LogP contribution in [0.1, 0.15) is 0 Å². The van der Waals surface area contributed by atoms with Gasteiger partial charge in [0.15, 0.2) is 0 Å². The number of hydrogen-bond acceptors (Lipinski definition) is 4. The van der Waals surface area contributed by atoms with E-state index in [0.717, 1.165) is 13.1 Å². The van der Waals surface area contributed by atoms with E-state index in [1.807, 2.05) is 0 Å². The maximum absolute atomic E-state index is 11.9. The lowest BCUT2D eigenvalue weighted by molar-refractivity contribution is 0.0308. The summed E-state index contributed by atoms with van der Waals surface area (Å²) in [4.78, 5) is 14.1. The predicted octanol–water partition coefficient (Wildman–Crippen LogP) is 1.15. The van der Waals surface area contributed by atoms with Crippen LogP contribution < -0.4 is 10.6 Å². The maximum atomic E-state index is 11.9. The third-order valence-electron chi connectivity index (χ3n) is 3.26. The molecule has 1 aromatic carbocycles. The number of morpholine rings is 1. The summed E-state index contributed by atoms with van der Waals surface area (Å²) < 4.78 is 5.27. The molecule has 0 radical (unpaired) electrons. The molecular formula is C14H20ClN3O3. The van der Waals surface area contributed by atoms with Crippen LogP contribution >= 0.6 is 11.6 Å². The van der Waals surface area contributed by atoms with Crippen molar-refractivity contribution in [1.82, 2.24) is 10.2 Å². The van der Waals surface area contributed by atoms with Gasteiger partial charge in [-0.3, -0.25) is 4.90 Å². The summed E-state index contributed by atoms with van der Waals surface area (Å²) in [5.41, 5.74) is 0.541. The van der Waals surface area contributed by atoms with E-state index in [4.69, 9.17) is 16.3 Å². The van der Waals surface area contributed by atoms with Crippen molar-refractivity contribution < 1.29 is 14.6 Å². The Morgan fingerprint density at radius 1 is 1.38 bits per heavy atom. The van der Waals surface area contributed by atoms with Crippen molar-refractivity contribution in [3.63, 3.8) is 0 Å². The van der Waals surface area contributed by atoms with Crippen molar-refractivity contribution >= 4 is 23.3 Å². The molecule has 2 amide bonds. The number of rotatable bonds is 5. The molecule has 0 bridgehead atoms. The van der Waals surface area contributed by atoms with E-state index in [0.29, 0.717) is 30.5 Å². The molecule has 1 heterocycles. The highest BCUT2D eigenvalue weighted by Gasteiger charge is 2.18. The van der Waals surface area contributed by atoms with Crippen LogP contribution in [0.4, 0.5) is 10.5 Å². The zero-order chi connectivity index (χ0) is 15.1. The van der Waals surface area contributed by atoms with E-state index < -0.39 is 0 Å². The molecule has 3 N–H and O–H groups in total. The van der Waals surface area contributed by atoms with Crippen molar-refractivity contribution in [2.75, 3.05) is 44.8 Å². The van der Waals surface area contributed by atoms with E-state index in [9.17, 15) is 9.90 Å². The number of ether oxygens (including phenoxy) is 1. The minimum Gasteiger partial charge on any atom is -0.394 e. The Morgan fingerprint density at radius 2 is 2.10 bits per heavy atom. The largest absolute Gasteiger partial charge is 0.394 e. The maximum Gasteiger partial charge on any atom is 0.319 e. The Morgan fingerprint density at radius 3 is 2.76 bits per heavy atom. The standard InChI is InChI=1S/C14H20ClN3O3/c15-12-3-1-2-4-13(12)17-14(20)16-11(10-19)9-18-5-7-21-8-6-18/h1-4,11,19H,5-10H2,(H2,16,17,20)/t11-/m1/s1. The van der Waals surface area contributed by atoms with Crippen LogP contribution in [-0.4, -0.2) is 61.5 Å². The van der Waals surface area contributed by atoms with E-state index in [1.54, 1.807) is 24.3 Å².